The van der Waals surface area contributed by atoms with Gasteiger partial charge < -0.3 is 10.8 Å². The van der Waals surface area contributed by atoms with Crippen LogP contribution in [0.5, 0.6) is 0 Å². The van der Waals surface area contributed by atoms with E-state index in [1.54, 1.807) is 0 Å². The van der Waals surface area contributed by atoms with E-state index in [0.717, 1.165) is 5.56 Å². The molecular weight excluding hydrogens is 226 g/mol. The summed E-state index contributed by atoms with van der Waals surface area (Å²) in [6, 6.07) is 8.22. The molecular formula is C15H21NO2. The van der Waals surface area contributed by atoms with E-state index < -0.39 is 5.97 Å². The molecule has 1 aromatic rings. The number of carboxylic acid groups (broad SMARTS) is 1. The van der Waals surface area contributed by atoms with Gasteiger partial charge in [0.05, 0.1) is 0 Å². The first-order chi connectivity index (χ1) is 8.66. The fourth-order valence-corrected chi connectivity index (χ4v) is 2.75. The van der Waals surface area contributed by atoms with Gasteiger partial charge in [0.1, 0.15) is 0 Å². The van der Waals surface area contributed by atoms with Crippen molar-refractivity contribution in [1.82, 2.24) is 0 Å². The fraction of sp³-hybridized carbons (Fsp3) is 0.533. The van der Waals surface area contributed by atoms with Crippen LogP contribution in [0.2, 0.25) is 0 Å². The van der Waals surface area contributed by atoms with Crippen molar-refractivity contribution in [3.8, 4) is 0 Å². The molecule has 0 heterocycles. The summed E-state index contributed by atoms with van der Waals surface area (Å²) in [5, 5.41) is 8.68. The smallest absolute Gasteiger partial charge is 0.303 e. The average Bonchev–Trinajstić information content (AvgIpc) is 2.90. The lowest BCUT2D eigenvalue weighted by molar-refractivity contribution is -0.137. The largest absolute Gasteiger partial charge is 0.481 e. The van der Waals surface area contributed by atoms with Gasteiger partial charge in [-0.25, -0.2) is 0 Å². The van der Waals surface area contributed by atoms with Crippen molar-refractivity contribution in [3.05, 3.63) is 35.4 Å². The van der Waals surface area contributed by atoms with Gasteiger partial charge in [-0.3, -0.25) is 4.79 Å². The van der Waals surface area contributed by atoms with Crippen LogP contribution in [0.25, 0.3) is 0 Å². The number of rotatable bonds is 5. The van der Waals surface area contributed by atoms with Crippen LogP contribution in [0.15, 0.2) is 24.3 Å². The summed E-state index contributed by atoms with van der Waals surface area (Å²) in [7, 11) is 0. The Balaban J connectivity index is 2.03. The Morgan fingerprint density at radius 3 is 2.78 bits per heavy atom. The second-order valence-electron chi connectivity index (χ2n) is 5.19. The molecule has 0 bridgehead atoms. The SMILES string of the molecule is NC(CCC(=O)O)c1cccc(C2CCCC2)c1. The maximum absolute atomic E-state index is 10.6. The Hall–Kier alpha value is -1.35. The van der Waals surface area contributed by atoms with E-state index >= 15 is 0 Å². The van der Waals surface area contributed by atoms with Crippen LogP contribution in [0.3, 0.4) is 0 Å². The van der Waals surface area contributed by atoms with Crippen molar-refractivity contribution in [1.29, 1.82) is 0 Å². The molecule has 2 rings (SSSR count). The number of carboxylic acids is 1. The molecule has 1 atom stereocenters. The molecule has 0 amide bonds. The zero-order chi connectivity index (χ0) is 13.0. The molecule has 1 aromatic carbocycles. The molecule has 0 saturated heterocycles. The highest BCUT2D eigenvalue weighted by Crippen LogP contribution is 2.34. The summed E-state index contributed by atoms with van der Waals surface area (Å²) in [6.07, 6.45) is 5.82. The number of aliphatic carboxylic acids is 1. The highest BCUT2D eigenvalue weighted by molar-refractivity contribution is 5.66. The minimum Gasteiger partial charge on any atom is -0.481 e. The quantitative estimate of drug-likeness (QED) is 0.839. The van der Waals surface area contributed by atoms with Crippen LogP contribution in [-0.4, -0.2) is 11.1 Å². The van der Waals surface area contributed by atoms with E-state index in [2.05, 4.69) is 12.1 Å². The van der Waals surface area contributed by atoms with Gasteiger partial charge in [-0.15, -0.1) is 0 Å². The lowest BCUT2D eigenvalue weighted by Crippen LogP contribution is -2.12. The van der Waals surface area contributed by atoms with E-state index in [1.165, 1.54) is 31.2 Å². The first-order valence-corrected chi connectivity index (χ1v) is 6.74. The number of hydrogen-bond acceptors (Lipinski definition) is 2. The number of carbonyl (C=O) groups is 1. The third-order valence-corrected chi connectivity index (χ3v) is 3.83. The second-order valence-corrected chi connectivity index (χ2v) is 5.19. The Bertz CT molecular complexity index is 411. The third kappa shape index (κ3) is 3.33. The fourth-order valence-electron chi connectivity index (χ4n) is 2.75. The highest BCUT2D eigenvalue weighted by atomic mass is 16.4. The lowest BCUT2D eigenvalue weighted by atomic mass is 9.93. The molecule has 0 aromatic heterocycles. The molecule has 98 valence electrons. The van der Waals surface area contributed by atoms with Gasteiger partial charge >= 0.3 is 5.97 Å². The maximum atomic E-state index is 10.6. The Labute approximate surface area is 108 Å². The van der Waals surface area contributed by atoms with E-state index in [-0.39, 0.29) is 12.5 Å². The van der Waals surface area contributed by atoms with Gasteiger partial charge in [0, 0.05) is 12.5 Å². The highest BCUT2D eigenvalue weighted by Gasteiger charge is 2.18. The molecule has 1 aliphatic rings. The van der Waals surface area contributed by atoms with Gasteiger partial charge in [0.2, 0.25) is 0 Å². The molecule has 3 heteroatoms. The van der Waals surface area contributed by atoms with Crippen LogP contribution in [-0.2, 0) is 4.79 Å². The van der Waals surface area contributed by atoms with Crippen LogP contribution < -0.4 is 5.73 Å². The Kier molecular flexibility index (Phi) is 4.37. The van der Waals surface area contributed by atoms with E-state index in [4.69, 9.17) is 10.8 Å². The Morgan fingerprint density at radius 1 is 1.39 bits per heavy atom. The molecule has 1 saturated carbocycles. The van der Waals surface area contributed by atoms with Gasteiger partial charge in [-0.1, -0.05) is 37.1 Å². The molecule has 18 heavy (non-hydrogen) atoms. The van der Waals surface area contributed by atoms with Crippen molar-refractivity contribution in [2.24, 2.45) is 5.73 Å². The molecule has 1 aliphatic carbocycles. The topological polar surface area (TPSA) is 63.3 Å². The van der Waals surface area contributed by atoms with E-state index in [1.807, 2.05) is 12.1 Å². The van der Waals surface area contributed by atoms with E-state index in [9.17, 15) is 4.79 Å². The van der Waals surface area contributed by atoms with Crippen molar-refractivity contribution < 1.29 is 9.90 Å². The predicted octanol–water partition coefficient (Wildman–Crippen LogP) is 3.21. The van der Waals surface area contributed by atoms with E-state index in [0.29, 0.717) is 12.3 Å². The second kappa shape index (κ2) is 6.01. The monoisotopic (exact) mass is 247 g/mol. The molecule has 0 spiro atoms. The van der Waals surface area contributed by atoms with Crippen molar-refractivity contribution >= 4 is 5.97 Å². The summed E-state index contributed by atoms with van der Waals surface area (Å²) < 4.78 is 0. The number of nitrogens with two attached hydrogens (primary N) is 1. The van der Waals surface area contributed by atoms with Crippen LogP contribution in [0.1, 0.15) is 61.6 Å². The predicted molar refractivity (Wildman–Crippen MR) is 71.4 cm³/mol. The van der Waals surface area contributed by atoms with Crippen molar-refractivity contribution in [3.63, 3.8) is 0 Å². The summed E-state index contributed by atoms with van der Waals surface area (Å²) >= 11 is 0. The summed E-state index contributed by atoms with van der Waals surface area (Å²) in [5.41, 5.74) is 8.49. The van der Waals surface area contributed by atoms with Crippen molar-refractivity contribution in [2.75, 3.05) is 0 Å². The third-order valence-electron chi connectivity index (χ3n) is 3.83. The molecule has 0 radical (unpaired) electrons. The molecule has 1 fully saturated rings. The molecule has 0 aliphatic heterocycles. The average molecular weight is 247 g/mol. The zero-order valence-corrected chi connectivity index (χ0v) is 10.6. The zero-order valence-electron chi connectivity index (χ0n) is 10.6. The Morgan fingerprint density at radius 2 is 2.11 bits per heavy atom. The normalized spacial score (nSPS) is 17.8. The minimum absolute atomic E-state index is 0.134. The van der Waals surface area contributed by atoms with Gasteiger partial charge in [-0.05, 0) is 36.3 Å². The van der Waals surface area contributed by atoms with Crippen LogP contribution >= 0.6 is 0 Å². The first kappa shape index (κ1) is 13.1. The molecule has 1 unspecified atom stereocenters. The van der Waals surface area contributed by atoms with Crippen molar-refractivity contribution in [2.45, 2.75) is 50.5 Å². The van der Waals surface area contributed by atoms with Gasteiger partial charge in [0.25, 0.3) is 0 Å². The molecule has 3 N–H and O–H groups in total. The number of hydrogen-bond donors (Lipinski definition) is 2. The van der Waals surface area contributed by atoms with Crippen LogP contribution in [0, 0.1) is 0 Å². The molecule has 3 nitrogen and oxygen atoms in total. The summed E-state index contributed by atoms with van der Waals surface area (Å²) in [6.45, 7) is 0. The standard InChI is InChI=1S/C15H21NO2/c16-14(8-9-15(17)18)13-7-3-6-12(10-13)11-4-1-2-5-11/h3,6-7,10-11,14H,1-2,4-5,8-9,16H2,(H,17,18). The minimum atomic E-state index is -0.780. The lowest BCUT2D eigenvalue weighted by Gasteiger charge is -2.15. The number of benzene rings is 1. The summed E-state index contributed by atoms with van der Waals surface area (Å²) in [4.78, 5) is 10.6. The summed E-state index contributed by atoms with van der Waals surface area (Å²) in [5.74, 6) is -0.103. The maximum Gasteiger partial charge on any atom is 0.303 e. The van der Waals surface area contributed by atoms with Gasteiger partial charge in [-0.2, -0.15) is 0 Å². The van der Waals surface area contributed by atoms with Gasteiger partial charge in [0.15, 0.2) is 0 Å². The van der Waals surface area contributed by atoms with Crippen LogP contribution in [0.4, 0.5) is 0 Å². The first-order valence-electron chi connectivity index (χ1n) is 6.74.